The van der Waals surface area contributed by atoms with Gasteiger partial charge in [0.1, 0.15) is 5.82 Å². The molecule has 1 aliphatic heterocycles. The van der Waals surface area contributed by atoms with E-state index in [9.17, 15) is 5.11 Å². The number of aliphatic hydroxyl groups is 1. The minimum atomic E-state index is -0.824. The van der Waals surface area contributed by atoms with Crippen molar-refractivity contribution in [3.8, 4) is 0 Å². The van der Waals surface area contributed by atoms with Gasteiger partial charge in [-0.25, -0.2) is 4.98 Å². The topological polar surface area (TPSA) is 62.4 Å². The molecule has 1 saturated heterocycles. The van der Waals surface area contributed by atoms with Crippen LogP contribution in [0.3, 0.4) is 0 Å². The maximum atomic E-state index is 10.8. The van der Waals surface area contributed by atoms with Crippen LogP contribution in [0.5, 0.6) is 0 Å². The molecule has 94 valence electrons. The summed E-state index contributed by atoms with van der Waals surface area (Å²) in [6, 6.07) is 2.31. The Morgan fingerprint density at radius 1 is 1.59 bits per heavy atom. The molecule has 0 spiro atoms. The van der Waals surface area contributed by atoms with Gasteiger partial charge in [-0.15, -0.1) is 0 Å². The van der Waals surface area contributed by atoms with Crippen LogP contribution in [0, 0.1) is 6.92 Å². The van der Waals surface area contributed by atoms with Crippen molar-refractivity contribution in [2.45, 2.75) is 38.3 Å². The van der Waals surface area contributed by atoms with E-state index in [-0.39, 0.29) is 0 Å². The average molecular weight is 235 g/mol. The number of anilines is 1. The van der Waals surface area contributed by atoms with Crippen molar-refractivity contribution in [1.29, 1.82) is 0 Å². The SMILES string of the molecule is Cc1cnc(N)c(C2(O)CCN(C)C(C)C2)c1. The lowest BCUT2D eigenvalue weighted by Crippen LogP contribution is -2.46. The minimum Gasteiger partial charge on any atom is -0.385 e. The molecule has 1 aromatic heterocycles. The molecule has 0 radical (unpaired) electrons. The average Bonchev–Trinajstić information content (AvgIpc) is 2.27. The van der Waals surface area contributed by atoms with Gasteiger partial charge in [0.05, 0.1) is 5.60 Å². The number of aromatic nitrogens is 1. The van der Waals surface area contributed by atoms with Crippen molar-refractivity contribution >= 4 is 5.82 Å². The zero-order chi connectivity index (χ0) is 12.6. The summed E-state index contributed by atoms with van der Waals surface area (Å²) < 4.78 is 0. The Hall–Kier alpha value is -1.13. The number of nitrogen functional groups attached to an aromatic ring is 1. The second-order valence-electron chi connectivity index (χ2n) is 5.26. The number of hydrogen-bond acceptors (Lipinski definition) is 4. The summed E-state index contributed by atoms with van der Waals surface area (Å²) in [5, 5.41) is 10.8. The third-order valence-corrected chi connectivity index (χ3v) is 3.82. The van der Waals surface area contributed by atoms with Gasteiger partial charge in [0.15, 0.2) is 0 Å². The van der Waals surface area contributed by atoms with Crippen LogP contribution < -0.4 is 5.73 Å². The van der Waals surface area contributed by atoms with Gasteiger partial charge in [-0.05, 0) is 45.4 Å². The van der Waals surface area contributed by atoms with Gasteiger partial charge in [0.25, 0.3) is 0 Å². The molecule has 1 aliphatic rings. The number of nitrogens with zero attached hydrogens (tertiary/aromatic N) is 2. The molecule has 3 N–H and O–H groups in total. The molecule has 4 heteroatoms. The van der Waals surface area contributed by atoms with Gasteiger partial charge in [0, 0.05) is 24.3 Å². The van der Waals surface area contributed by atoms with E-state index < -0.39 is 5.60 Å². The molecule has 2 rings (SSSR count). The first kappa shape index (κ1) is 12.3. The van der Waals surface area contributed by atoms with E-state index in [1.165, 1.54) is 0 Å². The number of rotatable bonds is 1. The third-order valence-electron chi connectivity index (χ3n) is 3.82. The van der Waals surface area contributed by atoms with Crippen molar-refractivity contribution in [1.82, 2.24) is 9.88 Å². The van der Waals surface area contributed by atoms with Gasteiger partial charge in [-0.2, -0.15) is 0 Å². The highest BCUT2D eigenvalue weighted by atomic mass is 16.3. The fraction of sp³-hybridized carbons (Fsp3) is 0.615. The van der Waals surface area contributed by atoms with E-state index in [4.69, 9.17) is 5.73 Å². The van der Waals surface area contributed by atoms with Crippen molar-refractivity contribution < 1.29 is 5.11 Å². The Labute approximate surface area is 102 Å². The van der Waals surface area contributed by atoms with Crippen molar-refractivity contribution in [3.63, 3.8) is 0 Å². The largest absolute Gasteiger partial charge is 0.385 e. The maximum absolute atomic E-state index is 10.8. The van der Waals surface area contributed by atoms with Gasteiger partial charge < -0.3 is 15.7 Å². The third kappa shape index (κ3) is 2.28. The molecule has 1 aromatic rings. The lowest BCUT2D eigenvalue weighted by Gasteiger charge is -2.41. The Morgan fingerprint density at radius 3 is 2.94 bits per heavy atom. The van der Waals surface area contributed by atoms with Crippen LogP contribution in [-0.2, 0) is 5.60 Å². The smallest absolute Gasteiger partial charge is 0.129 e. The molecule has 17 heavy (non-hydrogen) atoms. The highest BCUT2D eigenvalue weighted by Crippen LogP contribution is 2.37. The normalized spacial score (nSPS) is 30.5. The van der Waals surface area contributed by atoms with Crippen LogP contribution >= 0.6 is 0 Å². The Kier molecular flexibility index (Phi) is 3.10. The second kappa shape index (κ2) is 4.27. The quantitative estimate of drug-likeness (QED) is 0.769. The first-order valence-electron chi connectivity index (χ1n) is 6.07. The first-order chi connectivity index (χ1) is 7.92. The number of pyridine rings is 1. The zero-order valence-corrected chi connectivity index (χ0v) is 10.8. The van der Waals surface area contributed by atoms with Crippen LogP contribution in [0.4, 0.5) is 5.82 Å². The van der Waals surface area contributed by atoms with Crippen LogP contribution in [0.1, 0.15) is 30.9 Å². The summed E-state index contributed by atoms with van der Waals surface area (Å²) in [7, 11) is 2.09. The molecule has 2 atom stereocenters. The van der Waals surface area contributed by atoms with Crippen molar-refractivity contribution in [3.05, 3.63) is 23.4 Å². The monoisotopic (exact) mass is 235 g/mol. The number of piperidine rings is 1. The maximum Gasteiger partial charge on any atom is 0.129 e. The molecule has 0 aromatic carbocycles. The van der Waals surface area contributed by atoms with Gasteiger partial charge in [-0.1, -0.05) is 0 Å². The summed E-state index contributed by atoms with van der Waals surface area (Å²) >= 11 is 0. The van der Waals surface area contributed by atoms with Crippen LogP contribution in [-0.4, -0.2) is 34.6 Å². The fourth-order valence-corrected chi connectivity index (χ4v) is 2.53. The summed E-state index contributed by atoms with van der Waals surface area (Å²) in [5.41, 5.74) is 6.90. The molecular formula is C13H21N3O. The highest BCUT2D eigenvalue weighted by Gasteiger charge is 2.38. The van der Waals surface area contributed by atoms with E-state index >= 15 is 0 Å². The van der Waals surface area contributed by atoms with E-state index in [1.54, 1.807) is 6.20 Å². The predicted molar refractivity (Wildman–Crippen MR) is 68.6 cm³/mol. The Balaban J connectivity index is 2.35. The van der Waals surface area contributed by atoms with Crippen molar-refractivity contribution in [2.75, 3.05) is 19.3 Å². The van der Waals surface area contributed by atoms with E-state index in [1.807, 2.05) is 13.0 Å². The summed E-state index contributed by atoms with van der Waals surface area (Å²) in [6.07, 6.45) is 3.16. The van der Waals surface area contributed by atoms with Crippen molar-refractivity contribution in [2.24, 2.45) is 0 Å². The lowest BCUT2D eigenvalue weighted by molar-refractivity contribution is -0.0404. The Morgan fingerprint density at radius 2 is 2.29 bits per heavy atom. The molecule has 0 aliphatic carbocycles. The fourth-order valence-electron chi connectivity index (χ4n) is 2.53. The standard InChI is InChI=1S/C13H21N3O/c1-9-6-11(12(14)15-8-9)13(17)4-5-16(3)10(2)7-13/h6,8,10,17H,4-5,7H2,1-3H3,(H2,14,15). The van der Waals surface area contributed by atoms with Crippen LogP contribution in [0.15, 0.2) is 12.3 Å². The molecular weight excluding hydrogens is 214 g/mol. The summed E-state index contributed by atoms with van der Waals surface area (Å²) in [6.45, 7) is 4.98. The van der Waals surface area contributed by atoms with Gasteiger partial charge in [0.2, 0.25) is 0 Å². The molecule has 0 bridgehead atoms. The summed E-state index contributed by atoms with van der Waals surface area (Å²) in [5.74, 6) is 0.454. The van der Waals surface area contributed by atoms with E-state index in [2.05, 4.69) is 23.9 Å². The summed E-state index contributed by atoms with van der Waals surface area (Å²) in [4.78, 5) is 6.41. The molecule has 2 heterocycles. The second-order valence-corrected chi connectivity index (χ2v) is 5.26. The van der Waals surface area contributed by atoms with Crippen LogP contribution in [0.2, 0.25) is 0 Å². The molecule has 4 nitrogen and oxygen atoms in total. The molecule has 1 fully saturated rings. The number of nitrogens with two attached hydrogens (primary N) is 1. The molecule has 0 saturated carbocycles. The number of aryl methyl sites for hydroxylation is 1. The number of hydrogen-bond donors (Lipinski definition) is 2. The van der Waals surface area contributed by atoms with E-state index in [0.717, 1.165) is 17.7 Å². The molecule has 2 unspecified atom stereocenters. The first-order valence-corrected chi connectivity index (χ1v) is 6.07. The predicted octanol–water partition coefficient (Wildman–Crippen LogP) is 1.27. The van der Waals surface area contributed by atoms with Crippen LogP contribution in [0.25, 0.3) is 0 Å². The molecule has 0 amide bonds. The van der Waals surface area contributed by atoms with Gasteiger partial charge in [-0.3, -0.25) is 0 Å². The highest BCUT2D eigenvalue weighted by molar-refractivity contribution is 5.45. The zero-order valence-electron chi connectivity index (χ0n) is 10.8. The Bertz CT molecular complexity index is 421. The lowest BCUT2D eigenvalue weighted by atomic mass is 9.81. The minimum absolute atomic E-state index is 0.355. The van der Waals surface area contributed by atoms with Gasteiger partial charge >= 0.3 is 0 Å². The van der Waals surface area contributed by atoms with E-state index in [0.29, 0.717) is 24.7 Å². The number of likely N-dealkylation sites (tertiary alicyclic amines) is 1.